The maximum absolute atomic E-state index is 12.5. The fourth-order valence-electron chi connectivity index (χ4n) is 2.16. The number of aryl methyl sites for hydroxylation is 2. The van der Waals surface area contributed by atoms with E-state index in [-0.39, 0.29) is 5.11 Å². The topological polar surface area (TPSA) is 53.2 Å². The smallest absolute Gasteiger partial charge is 0.252 e. The van der Waals surface area contributed by atoms with Gasteiger partial charge in [-0.1, -0.05) is 68.4 Å². The second-order valence-corrected chi connectivity index (χ2v) is 10.5. The molecule has 0 bridgehead atoms. The first-order chi connectivity index (χ1) is 13.0. The Bertz CT molecular complexity index is 889. The van der Waals surface area contributed by atoms with Crippen molar-refractivity contribution in [3.63, 3.8) is 0 Å². The molecule has 0 aliphatic rings. The number of alkyl halides is 3. The summed E-state index contributed by atoms with van der Waals surface area (Å²) in [5.41, 5.74) is 3.22. The van der Waals surface area contributed by atoms with Gasteiger partial charge in [0.25, 0.3) is 5.91 Å². The van der Waals surface area contributed by atoms with Crippen molar-refractivity contribution in [2.75, 3.05) is 5.32 Å². The van der Waals surface area contributed by atoms with E-state index < -0.39 is 15.9 Å². The van der Waals surface area contributed by atoms with E-state index in [4.69, 9.17) is 47.0 Å². The molecule has 0 aliphatic carbocycles. The third kappa shape index (κ3) is 6.75. The molecule has 10 heteroatoms. The number of rotatable bonds is 4. The largest absolute Gasteiger partial charge is 0.339 e. The molecule has 2 aromatic rings. The highest BCUT2D eigenvalue weighted by atomic mass is 79.9. The number of halogens is 5. The van der Waals surface area contributed by atoms with E-state index in [1.807, 2.05) is 38.1 Å². The van der Waals surface area contributed by atoms with Gasteiger partial charge in [-0.2, -0.15) is 0 Å². The number of anilines is 1. The van der Waals surface area contributed by atoms with Crippen LogP contribution in [0.1, 0.15) is 21.5 Å². The Kier molecular flexibility index (Phi) is 8.43. The summed E-state index contributed by atoms with van der Waals surface area (Å²) in [5, 5.41) is 8.70. The minimum absolute atomic E-state index is 0.183. The number of benzene rings is 2. The zero-order valence-corrected chi connectivity index (χ0v) is 21.0. The molecule has 0 unspecified atom stereocenters. The van der Waals surface area contributed by atoms with Crippen LogP contribution in [0.4, 0.5) is 5.69 Å². The summed E-state index contributed by atoms with van der Waals surface area (Å²) in [6, 6.07) is 10.8. The van der Waals surface area contributed by atoms with Crippen LogP contribution in [-0.2, 0) is 0 Å². The first-order valence-electron chi connectivity index (χ1n) is 7.95. The highest BCUT2D eigenvalue weighted by Crippen LogP contribution is 2.31. The molecule has 0 aromatic heterocycles. The summed E-state index contributed by atoms with van der Waals surface area (Å²) >= 11 is 30.3. The fourth-order valence-corrected chi connectivity index (χ4v) is 3.81. The van der Waals surface area contributed by atoms with E-state index in [9.17, 15) is 4.79 Å². The molecule has 0 saturated heterocycles. The highest BCUT2D eigenvalue weighted by molar-refractivity contribution is 9.11. The van der Waals surface area contributed by atoms with Crippen LogP contribution >= 0.6 is 78.9 Å². The van der Waals surface area contributed by atoms with Crippen molar-refractivity contribution >= 4 is 95.6 Å². The van der Waals surface area contributed by atoms with Crippen molar-refractivity contribution in [1.29, 1.82) is 0 Å². The molecule has 3 N–H and O–H groups in total. The Hall–Kier alpha value is -0.570. The van der Waals surface area contributed by atoms with E-state index in [1.165, 1.54) is 0 Å². The lowest BCUT2D eigenvalue weighted by Crippen LogP contribution is -2.56. The Balaban J connectivity index is 2.11. The van der Waals surface area contributed by atoms with Crippen molar-refractivity contribution < 1.29 is 4.79 Å². The molecule has 0 aliphatic heterocycles. The molecule has 2 rings (SSSR count). The molecular weight excluding hydrogens is 572 g/mol. The third-order valence-electron chi connectivity index (χ3n) is 3.69. The van der Waals surface area contributed by atoms with Crippen molar-refractivity contribution in [1.82, 2.24) is 10.6 Å². The van der Waals surface area contributed by atoms with Gasteiger partial charge in [0.05, 0.1) is 5.69 Å². The van der Waals surface area contributed by atoms with Crippen molar-refractivity contribution in [3.05, 3.63) is 62.0 Å². The van der Waals surface area contributed by atoms with Crippen LogP contribution in [0.25, 0.3) is 0 Å². The summed E-state index contributed by atoms with van der Waals surface area (Å²) in [6.45, 7) is 3.88. The van der Waals surface area contributed by atoms with Gasteiger partial charge >= 0.3 is 0 Å². The van der Waals surface area contributed by atoms with Crippen molar-refractivity contribution in [2.45, 2.75) is 23.8 Å². The standard InChI is InChI=1S/C18H16Br2Cl3N3OS/c1-9-3-5-11(6-4-9)15(27)25-16(18(21,22)23)26-17(28)24-14-7-10(2)12(19)8-13(14)20/h3-8,16H,1-2H3,(H,25,27)(H2,24,26,28)/t16-/m0/s1. The zero-order chi connectivity index (χ0) is 21.1. The summed E-state index contributed by atoms with van der Waals surface area (Å²) in [4.78, 5) is 12.5. The van der Waals surface area contributed by atoms with Gasteiger partial charge in [-0.3, -0.25) is 4.79 Å². The van der Waals surface area contributed by atoms with E-state index in [2.05, 4.69) is 47.8 Å². The Labute approximate surface area is 200 Å². The maximum Gasteiger partial charge on any atom is 0.252 e. The molecule has 1 amide bonds. The lowest BCUT2D eigenvalue weighted by Gasteiger charge is -2.28. The number of carbonyl (C=O) groups is 1. The third-order valence-corrected chi connectivity index (χ3v) is 6.07. The molecule has 150 valence electrons. The molecule has 0 spiro atoms. The minimum Gasteiger partial charge on any atom is -0.339 e. The summed E-state index contributed by atoms with van der Waals surface area (Å²) in [6.07, 6.45) is -1.05. The number of nitrogens with one attached hydrogen (secondary N) is 3. The van der Waals surface area contributed by atoms with E-state index in [0.717, 1.165) is 25.8 Å². The van der Waals surface area contributed by atoms with Crippen molar-refractivity contribution in [3.8, 4) is 0 Å². The van der Waals surface area contributed by atoms with Gasteiger partial charge in [0.1, 0.15) is 6.17 Å². The van der Waals surface area contributed by atoms with Gasteiger partial charge in [-0.25, -0.2) is 0 Å². The summed E-state index contributed by atoms with van der Waals surface area (Å²) in [5.74, 6) is -0.396. The number of hydrogen-bond donors (Lipinski definition) is 3. The molecule has 0 heterocycles. The second kappa shape index (κ2) is 9.96. The van der Waals surface area contributed by atoms with E-state index in [0.29, 0.717) is 5.56 Å². The normalized spacial score (nSPS) is 12.2. The summed E-state index contributed by atoms with van der Waals surface area (Å²) in [7, 11) is 0. The average molecular weight is 589 g/mol. The van der Waals surface area contributed by atoms with Gasteiger partial charge in [0.15, 0.2) is 5.11 Å². The quantitative estimate of drug-likeness (QED) is 0.225. The molecule has 0 fully saturated rings. The number of hydrogen-bond acceptors (Lipinski definition) is 2. The van der Waals surface area contributed by atoms with Crippen molar-refractivity contribution in [2.24, 2.45) is 0 Å². The van der Waals surface area contributed by atoms with Crippen LogP contribution in [-0.4, -0.2) is 21.0 Å². The molecular formula is C18H16Br2Cl3N3OS. The Morgan fingerprint density at radius 3 is 2.21 bits per heavy atom. The molecule has 2 aromatic carbocycles. The number of thiocarbonyl (C=S) groups is 1. The first kappa shape index (κ1) is 23.7. The average Bonchev–Trinajstić information content (AvgIpc) is 2.58. The van der Waals surface area contributed by atoms with Crippen LogP contribution in [0.3, 0.4) is 0 Å². The van der Waals surface area contributed by atoms with Crippen LogP contribution in [0.2, 0.25) is 0 Å². The van der Waals surface area contributed by atoms with Crippen LogP contribution in [0, 0.1) is 13.8 Å². The van der Waals surface area contributed by atoms with E-state index >= 15 is 0 Å². The van der Waals surface area contributed by atoms with Gasteiger partial charge in [0, 0.05) is 14.5 Å². The SMILES string of the molecule is Cc1ccc(C(=O)N[C@@H](NC(=S)Nc2cc(C)c(Br)cc2Br)C(Cl)(Cl)Cl)cc1. The van der Waals surface area contributed by atoms with Gasteiger partial charge in [0.2, 0.25) is 3.79 Å². The van der Waals surface area contributed by atoms with Crippen LogP contribution in [0.5, 0.6) is 0 Å². The number of carbonyl (C=O) groups excluding carboxylic acids is 1. The molecule has 1 atom stereocenters. The lowest BCUT2D eigenvalue weighted by molar-refractivity contribution is 0.0934. The van der Waals surface area contributed by atoms with Crippen LogP contribution in [0.15, 0.2) is 45.3 Å². The minimum atomic E-state index is -1.83. The lowest BCUT2D eigenvalue weighted by atomic mass is 10.1. The highest BCUT2D eigenvalue weighted by Gasteiger charge is 2.35. The first-order valence-corrected chi connectivity index (χ1v) is 11.1. The van der Waals surface area contributed by atoms with Gasteiger partial charge in [-0.05, 0) is 71.8 Å². The maximum atomic E-state index is 12.5. The Morgan fingerprint density at radius 1 is 1.04 bits per heavy atom. The Morgan fingerprint density at radius 2 is 1.64 bits per heavy atom. The van der Waals surface area contributed by atoms with Crippen LogP contribution < -0.4 is 16.0 Å². The molecule has 0 saturated carbocycles. The monoisotopic (exact) mass is 585 g/mol. The predicted octanol–water partition coefficient (Wildman–Crippen LogP) is 6.24. The molecule has 28 heavy (non-hydrogen) atoms. The molecule has 0 radical (unpaired) electrons. The van der Waals surface area contributed by atoms with E-state index in [1.54, 1.807) is 12.1 Å². The fraction of sp³-hybridized carbons (Fsp3) is 0.222. The molecule has 4 nitrogen and oxygen atoms in total. The second-order valence-electron chi connectivity index (χ2n) is 5.99. The zero-order valence-electron chi connectivity index (χ0n) is 14.7. The number of amides is 1. The predicted molar refractivity (Wildman–Crippen MR) is 129 cm³/mol. The van der Waals surface area contributed by atoms with Gasteiger partial charge in [-0.15, -0.1) is 0 Å². The van der Waals surface area contributed by atoms with Gasteiger partial charge < -0.3 is 16.0 Å². The summed E-state index contributed by atoms with van der Waals surface area (Å²) < 4.78 is -0.0875.